The molecule has 0 radical (unpaired) electrons. The normalized spacial score (nSPS) is 18.2. The first-order chi connectivity index (χ1) is 14.5. The summed E-state index contributed by atoms with van der Waals surface area (Å²) in [5.41, 5.74) is 3.86. The SMILES string of the molecule is CC(CC(=O)O)(NC(=O)OCC1c2ccccc2-c2ccccc21)C1CCSCC1. The van der Waals surface area contributed by atoms with Crippen LogP contribution in [0.2, 0.25) is 0 Å². The number of carboxylic acid groups (broad SMARTS) is 1. The molecule has 2 aromatic carbocycles. The summed E-state index contributed by atoms with van der Waals surface area (Å²) in [6, 6.07) is 16.4. The van der Waals surface area contributed by atoms with Gasteiger partial charge in [-0.15, -0.1) is 0 Å². The molecule has 158 valence electrons. The second-order valence-corrected chi connectivity index (χ2v) is 9.55. The van der Waals surface area contributed by atoms with Crippen LogP contribution in [0.25, 0.3) is 11.1 Å². The van der Waals surface area contributed by atoms with Gasteiger partial charge >= 0.3 is 12.1 Å². The third-order valence-electron chi connectivity index (χ3n) is 6.37. The Hall–Kier alpha value is -2.47. The van der Waals surface area contributed by atoms with Crippen LogP contribution in [0.3, 0.4) is 0 Å². The van der Waals surface area contributed by atoms with Gasteiger partial charge in [0.15, 0.2) is 0 Å². The minimum absolute atomic E-state index is 0.0139. The third-order valence-corrected chi connectivity index (χ3v) is 7.42. The van der Waals surface area contributed by atoms with Gasteiger partial charge in [0.2, 0.25) is 0 Å². The van der Waals surface area contributed by atoms with E-state index in [-0.39, 0.29) is 24.9 Å². The van der Waals surface area contributed by atoms with Crippen LogP contribution in [-0.4, -0.2) is 40.8 Å². The van der Waals surface area contributed by atoms with Gasteiger partial charge in [-0.05, 0) is 59.4 Å². The molecule has 6 heteroatoms. The van der Waals surface area contributed by atoms with E-state index >= 15 is 0 Å². The smallest absolute Gasteiger partial charge is 0.407 e. The summed E-state index contributed by atoms with van der Waals surface area (Å²) < 4.78 is 5.66. The molecular weight excluding hydrogens is 398 g/mol. The van der Waals surface area contributed by atoms with Crippen molar-refractivity contribution in [2.45, 2.75) is 37.6 Å². The molecule has 1 heterocycles. The van der Waals surface area contributed by atoms with Crippen molar-refractivity contribution in [3.8, 4) is 11.1 Å². The number of hydrogen-bond acceptors (Lipinski definition) is 4. The zero-order valence-corrected chi connectivity index (χ0v) is 17.9. The molecule has 1 fully saturated rings. The number of thioether (sulfide) groups is 1. The molecule has 1 atom stereocenters. The summed E-state index contributed by atoms with van der Waals surface area (Å²) >= 11 is 1.88. The van der Waals surface area contributed by atoms with E-state index in [4.69, 9.17) is 4.74 Å². The zero-order valence-electron chi connectivity index (χ0n) is 17.1. The number of ether oxygens (including phenoxy) is 1. The third kappa shape index (κ3) is 4.19. The maximum Gasteiger partial charge on any atom is 0.407 e. The molecule has 4 rings (SSSR count). The molecule has 1 amide bonds. The lowest BCUT2D eigenvalue weighted by molar-refractivity contribution is -0.139. The molecule has 30 heavy (non-hydrogen) atoms. The Balaban J connectivity index is 1.47. The monoisotopic (exact) mass is 425 g/mol. The van der Waals surface area contributed by atoms with E-state index in [1.807, 2.05) is 43.0 Å². The van der Waals surface area contributed by atoms with Crippen LogP contribution in [0.1, 0.15) is 43.2 Å². The van der Waals surface area contributed by atoms with Gasteiger partial charge in [0, 0.05) is 5.92 Å². The number of carbonyl (C=O) groups is 2. The Morgan fingerprint density at radius 1 is 1.07 bits per heavy atom. The van der Waals surface area contributed by atoms with Crippen molar-refractivity contribution in [2.24, 2.45) is 5.92 Å². The van der Waals surface area contributed by atoms with Gasteiger partial charge in [0.05, 0.1) is 12.0 Å². The quantitative estimate of drug-likeness (QED) is 0.688. The van der Waals surface area contributed by atoms with Crippen molar-refractivity contribution in [1.29, 1.82) is 0 Å². The van der Waals surface area contributed by atoms with Crippen LogP contribution < -0.4 is 5.32 Å². The van der Waals surface area contributed by atoms with E-state index < -0.39 is 17.6 Å². The highest BCUT2D eigenvalue weighted by Crippen LogP contribution is 2.44. The Labute approximate surface area is 181 Å². The van der Waals surface area contributed by atoms with E-state index in [2.05, 4.69) is 29.6 Å². The fraction of sp³-hybridized carbons (Fsp3) is 0.417. The number of hydrogen-bond donors (Lipinski definition) is 2. The molecule has 1 aliphatic heterocycles. The van der Waals surface area contributed by atoms with Gasteiger partial charge in [-0.1, -0.05) is 48.5 Å². The predicted octanol–water partition coefficient (Wildman–Crippen LogP) is 4.90. The Kier molecular flexibility index (Phi) is 6.04. The van der Waals surface area contributed by atoms with Gasteiger partial charge in [0.1, 0.15) is 6.61 Å². The van der Waals surface area contributed by atoms with Crippen molar-refractivity contribution in [1.82, 2.24) is 5.32 Å². The number of nitrogens with one attached hydrogen (secondary N) is 1. The lowest BCUT2D eigenvalue weighted by Crippen LogP contribution is -2.54. The first-order valence-electron chi connectivity index (χ1n) is 10.4. The summed E-state index contributed by atoms with van der Waals surface area (Å²) in [6.45, 7) is 2.06. The standard InChI is InChI=1S/C24H27NO4S/c1-24(14-22(26)27,16-10-12-30-13-11-16)25-23(28)29-15-21-19-8-4-2-6-17(19)18-7-3-5-9-20(18)21/h2-9,16,21H,10-15H2,1H3,(H,25,28)(H,26,27). The number of benzene rings is 2. The molecule has 0 spiro atoms. The van der Waals surface area contributed by atoms with E-state index in [9.17, 15) is 14.7 Å². The van der Waals surface area contributed by atoms with Gasteiger partial charge in [-0.25, -0.2) is 4.79 Å². The molecule has 1 unspecified atom stereocenters. The Bertz CT molecular complexity index is 895. The van der Waals surface area contributed by atoms with E-state index in [0.29, 0.717) is 0 Å². The van der Waals surface area contributed by atoms with E-state index in [1.165, 1.54) is 11.1 Å². The van der Waals surface area contributed by atoms with Gasteiger partial charge in [0.25, 0.3) is 0 Å². The van der Waals surface area contributed by atoms with Crippen LogP contribution in [0.5, 0.6) is 0 Å². The Morgan fingerprint density at radius 2 is 1.63 bits per heavy atom. The second kappa shape index (κ2) is 8.72. The number of fused-ring (bicyclic) bond motifs is 3. The molecule has 2 aliphatic rings. The van der Waals surface area contributed by atoms with Gasteiger partial charge < -0.3 is 15.2 Å². The average Bonchev–Trinajstić information content (AvgIpc) is 3.06. The number of carbonyl (C=O) groups excluding carboxylic acids is 1. The van der Waals surface area contributed by atoms with Crippen molar-refractivity contribution in [3.05, 3.63) is 59.7 Å². The molecule has 5 nitrogen and oxygen atoms in total. The van der Waals surface area contributed by atoms with Crippen LogP contribution >= 0.6 is 11.8 Å². The molecule has 1 saturated heterocycles. The fourth-order valence-corrected chi connectivity index (χ4v) is 5.91. The summed E-state index contributed by atoms with van der Waals surface area (Å²) in [4.78, 5) is 24.2. The topological polar surface area (TPSA) is 75.6 Å². The number of aliphatic carboxylic acids is 1. The minimum Gasteiger partial charge on any atom is -0.481 e. The predicted molar refractivity (Wildman–Crippen MR) is 119 cm³/mol. The highest BCUT2D eigenvalue weighted by molar-refractivity contribution is 7.99. The molecule has 0 bridgehead atoms. The first kappa shape index (κ1) is 20.8. The number of alkyl carbamates (subject to hydrolysis) is 1. The number of carboxylic acids is 1. The highest BCUT2D eigenvalue weighted by Gasteiger charge is 2.39. The second-order valence-electron chi connectivity index (χ2n) is 8.33. The van der Waals surface area contributed by atoms with Gasteiger partial charge in [-0.3, -0.25) is 4.79 Å². The summed E-state index contributed by atoms with van der Waals surface area (Å²) in [6.07, 6.45) is 1.15. The first-order valence-corrected chi connectivity index (χ1v) is 11.6. The average molecular weight is 426 g/mol. The molecule has 0 aromatic heterocycles. The maximum atomic E-state index is 12.7. The molecule has 1 aliphatic carbocycles. The zero-order chi connectivity index (χ0) is 21.1. The van der Waals surface area contributed by atoms with Crippen molar-refractivity contribution < 1.29 is 19.4 Å². The van der Waals surface area contributed by atoms with Crippen LogP contribution in [-0.2, 0) is 9.53 Å². The largest absolute Gasteiger partial charge is 0.481 e. The summed E-state index contributed by atoms with van der Waals surface area (Å²) in [5.74, 6) is 1.20. The lowest BCUT2D eigenvalue weighted by Gasteiger charge is -2.39. The maximum absolute atomic E-state index is 12.7. The molecule has 2 aromatic rings. The summed E-state index contributed by atoms with van der Waals surface area (Å²) in [5, 5.41) is 12.3. The van der Waals surface area contributed by atoms with Crippen LogP contribution in [0.15, 0.2) is 48.5 Å². The van der Waals surface area contributed by atoms with Crippen molar-refractivity contribution >= 4 is 23.8 Å². The summed E-state index contributed by atoms with van der Waals surface area (Å²) in [7, 11) is 0. The molecular formula is C24H27NO4S. The van der Waals surface area contributed by atoms with Crippen molar-refractivity contribution in [3.63, 3.8) is 0 Å². The van der Waals surface area contributed by atoms with Crippen LogP contribution in [0.4, 0.5) is 4.79 Å². The lowest BCUT2D eigenvalue weighted by atomic mass is 9.79. The molecule has 0 saturated carbocycles. The number of rotatable bonds is 6. The Morgan fingerprint density at radius 3 is 2.20 bits per heavy atom. The van der Waals surface area contributed by atoms with Gasteiger partial charge in [-0.2, -0.15) is 11.8 Å². The highest BCUT2D eigenvalue weighted by atomic mass is 32.2. The number of amides is 1. The fourth-order valence-electron chi connectivity index (χ4n) is 4.81. The van der Waals surface area contributed by atoms with Crippen molar-refractivity contribution in [2.75, 3.05) is 18.1 Å². The van der Waals surface area contributed by atoms with Crippen LogP contribution in [0, 0.1) is 5.92 Å². The molecule has 2 N–H and O–H groups in total. The van der Waals surface area contributed by atoms with E-state index in [1.54, 1.807) is 0 Å². The van der Waals surface area contributed by atoms with E-state index in [0.717, 1.165) is 35.5 Å². The minimum atomic E-state index is -0.908.